The fourth-order valence-corrected chi connectivity index (χ4v) is 0.437. The Labute approximate surface area is 60.7 Å². The number of allylic oxidation sites excluding steroid dienone is 1. The van der Waals surface area contributed by atoms with E-state index >= 15 is 0 Å². The van der Waals surface area contributed by atoms with E-state index in [1.807, 2.05) is 6.92 Å². The first kappa shape index (κ1) is 9.17. The van der Waals surface area contributed by atoms with Crippen molar-refractivity contribution in [2.45, 2.75) is 19.9 Å². The highest BCUT2D eigenvalue weighted by Crippen LogP contribution is 1.92. The fourth-order valence-electron chi connectivity index (χ4n) is 0.437. The molecule has 0 rings (SSSR count). The summed E-state index contributed by atoms with van der Waals surface area (Å²) in [6, 6.07) is 0.0314. The Balaban J connectivity index is 4.02. The Kier molecular flexibility index (Phi) is 3.72. The number of hydrogen-bond acceptors (Lipinski definition) is 3. The second-order valence-corrected chi connectivity index (χ2v) is 2.19. The standard InChI is InChI=1S/C7H13NO2/c1-5(8-3)4-7(10)6(2)9/h4-5,8,10H,1-3H3/b7-4-. The number of rotatable bonds is 3. The fraction of sp³-hybridized carbons (Fsp3) is 0.571. The van der Waals surface area contributed by atoms with Crippen LogP contribution in [0, 0.1) is 0 Å². The number of carbonyl (C=O) groups is 1. The van der Waals surface area contributed by atoms with Crippen LogP contribution < -0.4 is 5.32 Å². The average molecular weight is 143 g/mol. The monoisotopic (exact) mass is 143 g/mol. The van der Waals surface area contributed by atoms with Crippen LogP contribution in [0.4, 0.5) is 0 Å². The van der Waals surface area contributed by atoms with Gasteiger partial charge in [0.05, 0.1) is 0 Å². The lowest BCUT2D eigenvalue weighted by molar-refractivity contribution is -0.116. The maximum Gasteiger partial charge on any atom is 0.193 e. The van der Waals surface area contributed by atoms with Crippen LogP contribution in [0.25, 0.3) is 0 Å². The number of carbonyl (C=O) groups excluding carboxylic acids is 1. The predicted molar refractivity (Wildman–Crippen MR) is 39.9 cm³/mol. The summed E-state index contributed by atoms with van der Waals surface area (Å²) in [7, 11) is 1.76. The minimum absolute atomic E-state index is 0.0314. The molecule has 1 unspecified atom stereocenters. The first-order valence-electron chi connectivity index (χ1n) is 3.17. The summed E-state index contributed by atoms with van der Waals surface area (Å²) in [5.41, 5.74) is 0. The molecule has 10 heavy (non-hydrogen) atoms. The number of likely N-dealkylation sites (N-methyl/N-ethyl adjacent to an activating group) is 1. The molecule has 0 radical (unpaired) electrons. The number of aliphatic hydroxyl groups excluding tert-OH is 1. The molecule has 0 amide bonds. The van der Waals surface area contributed by atoms with Crippen molar-refractivity contribution >= 4 is 5.78 Å². The molecule has 1 atom stereocenters. The highest BCUT2D eigenvalue weighted by Gasteiger charge is 2.00. The molecule has 0 aromatic carbocycles. The zero-order valence-electron chi connectivity index (χ0n) is 6.51. The van der Waals surface area contributed by atoms with E-state index in [1.165, 1.54) is 13.0 Å². The summed E-state index contributed by atoms with van der Waals surface area (Å²) >= 11 is 0. The highest BCUT2D eigenvalue weighted by molar-refractivity contribution is 5.90. The third-order valence-corrected chi connectivity index (χ3v) is 1.22. The lowest BCUT2D eigenvalue weighted by atomic mass is 10.2. The quantitative estimate of drug-likeness (QED) is 0.450. The molecule has 0 heterocycles. The van der Waals surface area contributed by atoms with Crippen molar-refractivity contribution < 1.29 is 9.90 Å². The topological polar surface area (TPSA) is 49.3 Å². The zero-order chi connectivity index (χ0) is 8.15. The Bertz CT molecular complexity index is 152. The van der Waals surface area contributed by atoms with E-state index < -0.39 is 0 Å². The summed E-state index contributed by atoms with van der Waals surface area (Å²) < 4.78 is 0. The van der Waals surface area contributed by atoms with E-state index in [-0.39, 0.29) is 17.6 Å². The molecule has 0 fully saturated rings. The van der Waals surface area contributed by atoms with Crippen LogP contribution >= 0.6 is 0 Å². The van der Waals surface area contributed by atoms with Crippen LogP contribution in [0.2, 0.25) is 0 Å². The minimum Gasteiger partial charge on any atom is -0.505 e. The van der Waals surface area contributed by atoms with Gasteiger partial charge in [-0.1, -0.05) is 0 Å². The Morgan fingerprint density at radius 1 is 1.70 bits per heavy atom. The van der Waals surface area contributed by atoms with Crippen LogP contribution in [-0.2, 0) is 4.79 Å². The van der Waals surface area contributed by atoms with E-state index in [9.17, 15) is 4.79 Å². The lowest BCUT2D eigenvalue weighted by Crippen LogP contribution is -2.19. The summed E-state index contributed by atoms with van der Waals surface area (Å²) in [5, 5.41) is 11.8. The minimum atomic E-state index is -0.304. The van der Waals surface area contributed by atoms with Gasteiger partial charge in [0.15, 0.2) is 11.5 Å². The number of ketones is 1. The Morgan fingerprint density at radius 2 is 2.20 bits per heavy atom. The van der Waals surface area contributed by atoms with Crippen molar-refractivity contribution in [3.63, 3.8) is 0 Å². The molecule has 0 aliphatic rings. The lowest BCUT2D eigenvalue weighted by Gasteiger charge is -2.02. The maximum atomic E-state index is 10.4. The smallest absolute Gasteiger partial charge is 0.193 e. The molecule has 0 aromatic rings. The van der Waals surface area contributed by atoms with Gasteiger partial charge >= 0.3 is 0 Å². The van der Waals surface area contributed by atoms with Gasteiger partial charge in [-0.3, -0.25) is 4.79 Å². The van der Waals surface area contributed by atoms with Crippen molar-refractivity contribution in [2.75, 3.05) is 7.05 Å². The summed E-state index contributed by atoms with van der Waals surface area (Å²) in [6.07, 6.45) is 1.47. The van der Waals surface area contributed by atoms with E-state index in [0.29, 0.717) is 0 Å². The average Bonchev–Trinajstić information content (AvgIpc) is 1.87. The second-order valence-electron chi connectivity index (χ2n) is 2.19. The molecule has 0 saturated heterocycles. The van der Waals surface area contributed by atoms with E-state index in [4.69, 9.17) is 5.11 Å². The summed E-state index contributed by atoms with van der Waals surface area (Å²) in [5.74, 6) is -0.482. The Hall–Kier alpha value is -0.830. The molecule has 0 aromatic heterocycles. The normalized spacial score (nSPS) is 14.9. The number of hydrogen-bond donors (Lipinski definition) is 2. The molecule has 0 aliphatic heterocycles. The molecule has 3 heteroatoms. The molecule has 3 nitrogen and oxygen atoms in total. The largest absolute Gasteiger partial charge is 0.505 e. The van der Waals surface area contributed by atoms with Crippen molar-refractivity contribution in [1.29, 1.82) is 0 Å². The van der Waals surface area contributed by atoms with E-state index in [1.54, 1.807) is 7.05 Å². The third kappa shape index (κ3) is 3.25. The number of nitrogens with one attached hydrogen (secondary N) is 1. The SMILES string of the molecule is CNC(C)/C=C(\O)C(C)=O. The van der Waals surface area contributed by atoms with Gasteiger partial charge < -0.3 is 10.4 Å². The molecule has 58 valence electrons. The van der Waals surface area contributed by atoms with Gasteiger partial charge in [-0.15, -0.1) is 0 Å². The predicted octanol–water partition coefficient (Wildman–Crippen LogP) is 0.625. The Morgan fingerprint density at radius 3 is 2.50 bits per heavy atom. The summed E-state index contributed by atoms with van der Waals surface area (Å²) in [4.78, 5) is 10.4. The van der Waals surface area contributed by atoms with Crippen molar-refractivity contribution in [3.8, 4) is 0 Å². The van der Waals surface area contributed by atoms with Gasteiger partial charge in [-0.05, 0) is 20.0 Å². The molecule has 0 aliphatic carbocycles. The van der Waals surface area contributed by atoms with Crippen LogP contribution in [0.15, 0.2) is 11.8 Å². The summed E-state index contributed by atoms with van der Waals surface area (Å²) in [6.45, 7) is 3.17. The molecular weight excluding hydrogens is 130 g/mol. The molecule has 0 bridgehead atoms. The van der Waals surface area contributed by atoms with Crippen molar-refractivity contribution in [2.24, 2.45) is 0 Å². The van der Waals surface area contributed by atoms with Gasteiger partial charge in [0, 0.05) is 13.0 Å². The van der Waals surface area contributed by atoms with Gasteiger partial charge in [0.1, 0.15) is 0 Å². The second kappa shape index (κ2) is 4.06. The zero-order valence-corrected chi connectivity index (χ0v) is 6.51. The highest BCUT2D eigenvalue weighted by atomic mass is 16.3. The molecular formula is C7H13NO2. The van der Waals surface area contributed by atoms with Crippen LogP contribution in [-0.4, -0.2) is 24.0 Å². The number of Topliss-reactive ketones (excluding diaryl/α,β-unsaturated/α-hetero) is 1. The van der Waals surface area contributed by atoms with E-state index in [0.717, 1.165) is 0 Å². The number of aliphatic hydroxyl groups is 1. The first-order chi connectivity index (χ1) is 4.57. The van der Waals surface area contributed by atoms with Crippen LogP contribution in [0.5, 0.6) is 0 Å². The molecule has 2 N–H and O–H groups in total. The maximum absolute atomic E-state index is 10.4. The molecule has 0 saturated carbocycles. The van der Waals surface area contributed by atoms with Crippen molar-refractivity contribution in [3.05, 3.63) is 11.8 Å². The van der Waals surface area contributed by atoms with Gasteiger partial charge in [0.2, 0.25) is 0 Å². The third-order valence-electron chi connectivity index (χ3n) is 1.22. The molecule has 0 spiro atoms. The van der Waals surface area contributed by atoms with E-state index in [2.05, 4.69) is 5.32 Å². The van der Waals surface area contributed by atoms with Crippen molar-refractivity contribution in [1.82, 2.24) is 5.32 Å². The first-order valence-corrected chi connectivity index (χ1v) is 3.17. The van der Waals surface area contributed by atoms with Gasteiger partial charge in [-0.25, -0.2) is 0 Å². The van der Waals surface area contributed by atoms with Gasteiger partial charge in [0.25, 0.3) is 0 Å². The van der Waals surface area contributed by atoms with Gasteiger partial charge in [-0.2, -0.15) is 0 Å². The van der Waals surface area contributed by atoms with Crippen LogP contribution in [0.1, 0.15) is 13.8 Å². The van der Waals surface area contributed by atoms with Crippen LogP contribution in [0.3, 0.4) is 0 Å².